The molecular weight excluding hydrogens is 624 g/mol. The third-order valence-electron chi connectivity index (χ3n) is 10.5. The largest absolute Gasteiger partial charge is 0.459 e. The van der Waals surface area contributed by atoms with E-state index in [-0.39, 0.29) is 44.5 Å². The van der Waals surface area contributed by atoms with Gasteiger partial charge in [-0.2, -0.15) is 0 Å². The zero-order valence-electron chi connectivity index (χ0n) is 30.9. The Kier molecular flexibility index (Phi) is 14.4. The number of nitrogens with zero attached hydrogens (tertiary/aromatic N) is 2. The summed E-state index contributed by atoms with van der Waals surface area (Å²) in [5.74, 6) is -3.29. The molecule has 3 aliphatic heterocycles. The number of ether oxygens (including phenoxy) is 6. The molecule has 13 heteroatoms. The molecule has 0 aromatic heterocycles. The average molecular weight is 687 g/mol. The van der Waals surface area contributed by atoms with Crippen molar-refractivity contribution in [3.8, 4) is 0 Å². The Balaban J connectivity index is 2.26. The Morgan fingerprint density at radius 3 is 2.33 bits per heavy atom. The number of esters is 1. The predicted octanol–water partition coefficient (Wildman–Crippen LogP) is 2.89. The molecular formula is C35H62N2O11. The van der Waals surface area contributed by atoms with Gasteiger partial charge in [-0.25, -0.2) is 0 Å². The molecule has 3 N–H and O–H groups in total. The lowest BCUT2D eigenvalue weighted by Crippen LogP contribution is -2.60. The van der Waals surface area contributed by atoms with Crippen molar-refractivity contribution in [2.45, 2.75) is 135 Å². The smallest absolute Gasteiger partial charge is 0.311 e. The second-order valence-electron chi connectivity index (χ2n) is 14.9. The summed E-state index contributed by atoms with van der Waals surface area (Å²) in [5, 5.41) is 40.0. The second kappa shape index (κ2) is 17.0. The number of likely N-dealkylation sites (N-methyl/N-ethyl adjacent to an activating group) is 1. The van der Waals surface area contributed by atoms with Gasteiger partial charge in [0.15, 0.2) is 6.29 Å². The Hall–Kier alpha value is -1.68. The molecule has 0 spiro atoms. The van der Waals surface area contributed by atoms with Crippen LogP contribution in [0.5, 0.6) is 0 Å². The molecule has 278 valence electrons. The standard InChI is InChI=1S/C35H62N2O11/c1-13-26-35(9,41)31-22(5)27(36-45-18-42-12)20(3)15-34(8,44-17-19(2)16-43-31)30(23(6)28(38)24(7)32(40)47-26)48-33-29(39)25(37(10)11)14-21(4)46-33/h20-26,28-31,33,38-39,41H,2,13-18H2,1,3-12H3/b36-27+/t20-,21-,22+,23+,24-,25+,26-,28+,29-,30-,31-,33+,34-,35-/m1/s1. The first-order valence-corrected chi connectivity index (χ1v) is 17.3. The van der Waals surface area contributed by atoms with Gasteiger partial charge in [-0.05, 0) is 66.6 Å². The monoisotopic (exact) mass is 686 g/mol. The van der Waals surface area contributed by atoms with E-state index in [0.717, 1.165) is 0 Å². The van der Waals surface area contributed by atoms with Crippen LogP contribution in [0, 0.1) is 23.7 Å². The first-order chi connectivity index (χ1) is 22.4. The van der Waals surface area contributed by atoms with E-state index in [1.54, 1.807) is 20.8 Å². The fourth-order valence-corrected chi connectivity index (χ4v) is 7.68. The van der Waals surface area contributed by atoms with E-state index in [4.69, 9.17) is 33.3 Å². The van der Waals surface area contributed by atoms with Gasteiger partial charge in [-0.15, -0.1) is 0 Å². The van der Waals surface area contributed by atoms with Gasteiger partial charge in [-0.1, -0.05) is 39.4 Å². The molecule has 0 aliphatic carbocycles. The minimum atomic E-state index is -1.68. The number of oxime groups is 1. The Morgan fingerprint density at radius 2 is 1.73 bits per heavy atom. The maximum absolute atomic E-state index is 13.7. The van der Waals surface area contributed by atoms with Crippen LogP contribution < -0.4 is 0 Å². The SMILES string of the molecule is C=C1CO[C@@H]2[C@@H](C)/C(=N/OCOC)[C@H](C)C[C@@](C)(OC1)[C@H](O[C@@H]1O[C@H](C)C[C@H](N(C)C)[C@H]1O)[C@@H](C)[C@H](O)[C@@H](C)C(=O)O[C@H](CC)[C@@]2(C)O. The summed E-state index contributed by atoms with van der Waals surface area (Å²) in [5.41, 5.74) is -1.67. The summed E-state index contributed by atoms with van der Waals surface area (Å²) in [4.78, 5) is 21.2. The molecule has 0 unspecified atom stereocenters. The first-order valence-electron chi connectivity index (χ1n) is 17.3. The van der Waals surface area contributed by atoms with E-state index in [1.165, 1.54) is 7.11 Å². The Bertz CT molecular complexity index is 1100. The zero-order valence-corrected chi connectivity index (χ0v) is 30.9. The van der Waals surface area contributed by atoms with Crippen LogP contribution in [-0.4, -0.2) is 133 Å². The fraction of sp³-hybridized carbons (Fsp3) is 0.886. The van der Waals surface area contributed by atoms with Gasteiger partial charge in [-0.3, -0.25) is 4.79 Å². The van der Waals surface area contributed by atoms with E-state index in [2.05, 4.69) is 11.7 Å². The topological polar surface area (TPSA) is 158 Å². The van der Waals surface area contributed by atoms with Crippen LogP contribution in [0.2, 0.25) is 0 Å². The van der Waals surface area contributed by atoms with Crippen LogP contribution in [0.15, 0.2) is 17.3 Å². The number of cyclic esters (lactones) is 1. The van der Waals surface area contributed by atoms with Crippen LogP contribution >= 0.6 is 0 Å². The van der Waals surface area contributed by atoms with Gasteiger partial charge in [0.05, 0.1) is 54.9 Å². The third-order valence-corrected chi connectivity index (χ3v) is 10.5. The molecule has 3 heterocycles. The minimum Gasteiger partial charge on any atom is -0.459 e. The van der Waals surface area contributed by atoms with E-state index in [9.17, 15) is 20.1 Å². The van der Waals surface area contributed by atoms with Crippen LogP contribution in [0.4, 0.5) is 0 Å². The van der Waals surface area contributed by atoms with Crippen LogP contribution in [0.1, 0.15) is 74.7 Å². The highest BCUT2D eigenvalue weighted by Crippen LogP contribution is 2.41. The molecule has 0 amide bonds. The van der Waals surface area contributed by atoms with Crippen LogP contribution in [0.3, 0.4) is 0 Å². The summed E-state index contributed by atoms with van der Waals surface area (Å²) in [6, 6.07) is -0.239. The maximum atomic E-state index is 13.7. The fourth-order valence-electron chi connectivity index (χ4n) is 7.68. The van der Waals surface area contributed by atoms with Crippen molar-refractivity contribution in [3.05, 3.63) is 12.2 Å². The highest BCUT2D eigenvalue weighted by molar-refractivity contribution is 5.89. The number of carbonyl (C=O) groups excluding carboxylic acids is 1. The lowest BCUT2D eigenvalue weighted by molar-refractivity contribution is -0.302. The molecule has 0 aromatic carbocycles. The molecule has 2 bridgehead atoms. The molecule has 3 rings (SSSR count). The first kappa shape index (κ1) is 40.7. The van der Waals surface area contributed by atoms with Gasteiger partial charge in [0.1, 0.15) is 17.8 Å². The van der Waals surface area contributed by atoms with Crippen molar-refractivity contribution in [2.24, 2.45) is 28.8 Å². The zero-order chi connectivity index (χ0) is 36.1. The van der Waals surface area contributed by atoms with E-state index < -0.39 is 71.7 Å². The van der Waals surface area contributed by atoms with Gasteiger partial charge in [0, 0.05) is 30.9 Å². The molecule has 14 atom stereocenters. The molecule has 0 aromatic rings. The molecule has 3 aliphatic rings. The van der Waals surface area contributed by atoms with Crippen molar-refractivity contribution in [2.75, 3.05) is 41.2 Å². The average Bonchev–Trinajstić information content (AvgIpc) is 3.03. The van der Waals surface area contributed by atoms with Gasteiger partial charge in [0.25, 0.3) is 0 Å². The van der Waals surface area contributed by atoms with Crippen molar-refractivity contribution in [1.29, 1.82) is 0 Å². The van der Waals surface area contributed by atoms with E-state index in [0.29, 0.717) is 24.1 Å². The summed E-state index contributed by atoms with van der Waals surface area (Å²) >= 11 is 0. The van der Waals surface area contributed by atoms with Crippen molar-refractivity contribution >= 4 is 11.7 Å². The number of hydrogen-bond acceptors (Lipinski definition) is 13. The normalized spacial score (nSPS) is 44.9. The van der Waals surface area contributed by atoms with Crippen LogP contribution in [0.25, 0.3) is 0 Å². The molecule has 3 saturated heterocycles. The Labute approximate surface area is 286 Å². The maximum Gasteiger partial charge on any atom is 0.311 e. The highest BCUT2D eigenvalue weighted by atomic mass is 16.7. The summed E-state index contributed by atoms with van der Waals surface area (Å²) in [6.45, 7) is 18.7. The lowest BCUT2D eigenvalue weighted by atomic mass is 9.73. The molecule has 0 radical (unpaired) electrons. The van der Waals surface area contributed by atoms with E-state index >= 15 is 0 Å². The Morgan fingerprint density at radius 1 is 1.06 bits per heavy atom. The number of hydrogen-bond donors (Lipinski definition) is 3. The second-order valence-corrected chi connectivity index (χ2v) is 14.9. The number of carbonyl (C=O) groups is 1. The van der Waals surface area contributed by atoms with Crippen molar-refractivity contribution < 1.29 is 53.4 Å². The van der Waals surface area contributed by atoms with Gasteiger partial charge < -0.3 is 53.5 Å². The number of aliphatic hydroxyl groups excluding tert-OH is 2. The summed E-state index contributed by atoms with van der Waals surface area (Å²) in [7, 11) is 5.29. The number of methoxy groups -OCH3 is 1. The molecule has 0 saturated carbocycles. The third kappa shape index (κ3) is 9.15. The summed E-state index contributed by atoms with van der Waals surface area (Å²) in [6.07, 6.45) is -5.14. The predicted molar refractivity (Wildman–Crippen MR) is 179 cm³/mol. The molecule has 3 fully saturated rings. The van der Waals surface area contributed by atoms with Crippen molar-refractivity contribution in [1.82, 2.24) is 4.90 Å². The van der Waals surface area contributed by atoms with E-state index in [1.807, 2.05) is 53.6 Å². The quantitative estimate of drug-likeness (QED) is 0.118. The number of aliphatic hydroxyl groups is 3. The minimum absolute atomic E-state index is 0.0405. The highest BCUT2D eigenvalue weighted by Gasteiger charge is 2.53. The molecule has 13 nitrogen and oxygen atoms in total. The van der Waals surface area contributed by atoms with Gasteiger partial charge >= 0.3 is 5.97 Å². The van der Waals surface area contributed by atoms with Crippen molar-refractivity contribution in [3.63, 3.8) is 0 Å². The van der Waals surface area contributed by atoms with Crippen LogP contribution in [-0.2, 0) is 38.1 Å². The van der Waals surface area contributed by atoms with Gasteiger partial charge in [0.2, 0.25) is 6.79 Å². The number of rotatable bonds is 7. The molecule has 48 heavy (non-hydrogen) atoms. The lowest BCUT2D eigenvalue weighted by Gasteiger charge is -2.48. The number of fused-ring (bicyclic) bond motifs is 5. The summed E-state index contributed by atoms with van der Waals surface area (Å²) < 4.78 is 37.2.